The molecule has 0 nitrogen and oxygen atoms in total. The molecule has 78 valence electrons. The molecule has 0 aliphatic rings. The minimum absolute atomic E-state index is 0.901. The van der Waals surface area contributed by atoms with Gasteiger partial charge in [0.2, 0.25) is 0 Å². The van der Waals surface area contributed by atoms with Gasteiger partial charge >= 0.3 is 0 Å². The molecule has 0 aromatic rings. The van der Waals surface area contributed by atoms with Gasteiger partial charge in [-0.3, -0.25) is 0 Å². The van der Waals surface area contributed by atoms with Crippen LogP contribution in [-0.2, 0) is 0 Å². The Morgan fingerprint density at radius 3 is 1.93 bits per heavy atom. The molecule has 0 amide bonds. The van der Waals surface area contributed by atoms with Crippen LogP contribution >= 0.6 is 0 Å². The van der Waals surface area contributed by atoms with Crippen LogP contribution in [0.1, 0.15) is 64.7 Å². The van der Waals surface area contributed by atoms with Gasteiger partial charge in [0.1, 0.15) is 0 Å². The number of terminal acetylenes is 1. The van der Waals surface area contributed by atoms with Gasteiger partial charge in [-0.15, -0.1) is 24.2 Å². The van der Waals surface area contributed by atoms with Crippen molar-refractivity contribution in [2.24, 2.45) is 0 Å². The highest BCUT2D eigenvalue weighted by Crippen LogP contribution is 2.01. The van der Waals surface area contributed by atoms with Crippen LogP contribution in [0.15, 0.2) is 0 Å². The highest BCUT2D eigenvalue weighted by Gasteiger charge is 1.84. The summed E-state index contributed by atoms with van der Waals surface area (Å²) in [6, 6.07) is 0. The topological polar surface area (TPSA) is 0 Å². The molecule has 0 N–H and O–H groups in total. The Balaban J connectivity index is 3.07. The van der Waals surface area contributed by atoms with E-state index in [0.717, 1.165) is 32.1 Å². The molecule has 0 aliphatic heterocycles. The predicted octanol–water partition coefficient (Wildman–Crippen LogP) is 4.15. The molecule has 0 aromatic carbocycles. The van der Waals surface area contributed by atoms with Gasteiger partial charge in [0.15, 0.2) is 0 Å². The maximum Gasteiger partial charge on any atom is 0.00890 e. The van der Waals surface area contributed by atoms with Crippen LogP contribution in [-0.4, -0.2) is 0 Å². The third kappa shape index (κ3) is 11.1. The lowest BCUT2D eigenvalue weighted by Gasteiger charge is -1.92. The minimum atomic E-state index is 0.901. The Morgan fingerprint density at radius 2 is 1.36 bits per heavy atom. The van der Waals surface area contributed by atoms with Crippen molar-refractivity contribution in [3.63, 3.8) is 0 Å². The molecule has 0 fully saturated rings. The number of hydrogen-bond donors (Lipinski definition) is 0. The van der Waals surface area contributed by atoms with E-state index in [1.807, 2.05) is 0 Å². The first-order chi connectivity index (χ1) is 6.91. The van der Waals surface area contributed by atoms with Crippen molar-refractivity contribution in [3.05, 3.63) is 0 Å². The first-order valence-electron chi connectivity index (χ1n) is 5.81. The van der Waals surface area contributed by atoms with E-state index in [1.165, 1.54) is 25.7 Å². The zero-order chi connectivity index (χ0) is 10.5. The van der Waals surface area contributed by atoms with E-state index in [1.54, 1.807) is 0 Å². The van der Waals surface area contributed by atoms with Crippen LogP contribution in [0.4, 0.5) is 0 Å². The van der Waals surface area contributed by atoms with E-state index in [4.69, 9.17) is 6.42 Å². The van der Waals surface area contributed by atoms with Crippen molar-refractivity contribution >= 4 is 0 Å². The summed E-state index contributed by atoms with van der Waals surface area (Å²) in [6.07, 6.45) is 15.7. The average molecular weight is 190 g/mol. The summed E-state index contributed by atoms with van der Waals surface area (Å²) >= 11 is 0. The first-order valence-corrected chi connectivity index (χ1v) is 5.81. The molecule has 0 heterocycles. The first kappa shape index (κ1) is 13.1. The van der Waals surface area contributed by atoms with Gasteiger partial charge in [-0.05, 0) is 19.3 Å². The number of unbranched alkanes of at least 4 members (excludes halogenated alkanes) is 7. The molecule has 0 bridgehead atoms. The summed E-state index contributed by atoms with van der Waals surface area (Å²) in [5.41, 5.74) is 0. The van der Waals surface area contributed by atoms with Gasteiger partial charge in [-0.1, -0.05) is 26.2 Å². The molecule has 0 saturated heterocycles. The van der Waals surface area contributed by atoms with E-state index >= 15 is 0 Å². The second kappa shape index (κ2) is 12.1. The van der Waals surface area contributed by atoms with Crippen molar-refractivity contribution < 1.29 is 0 Å². The quantitative estimate of drug-likeness (QED) is 0.418. The molecule has 0 radical (unpaired) electrons. The van der Waals surface area contributed by atoms with Gasteiger partial charge < -0.3 is 0 Å². The van der Waals surface area contributed by atoms with Crippen molar-refractivity contribution in [1.82, 2.24) is 0 Å². The lowest BCUT2D eigenvalue weighted by molar-refractivity contribution is 0.679. The van der Waals surface area contributed by atoms with Gasteiger partial charge in [0.05, 0.1) is 0 Å². The van der Waals surface area contributed by atoms with E-state index in [0.29, 0.717) is 0 Å². The Kier molecular flexibility index (Phi) is 11.4. The predicted molar refractivity (Wildman–Crippen MR) is 63.8 cm³/mol. The largest absolute Gasteiger partial charge is 0.120 e. The SMILES string of the molecule is C#CCCCCC#CCCCCCC. The highest BCUT2D eigenvalue weighted by molar-refractivity contribution is 4.98. The van der Waals surface area contributed by atoms with Crippen LogP contribution in [0, 0.1) is 24.2 Å². The highest BCUT2D eigenvalue weighted by atomic mass is 13.9. The van der Waals surface area contributed by atoms with Crippen LogP contribution in [0.25, 0.3) is 0 Å². The van der Waals surface area contributed by atoms with Crippen molar-refractivity contribution in [3.8, 4) is 24.2 Å². The van der Waals surface area contributed by atoms with Gasteiger partial charge in [0.25, 0.3) is 0 Å². The zero-order valence-electron chi connectivity index (χ0n) is 9.44. The molecule has 14 heavy (non-hydrogen) atoms. The molecular weight excluding hydrogens is 168 g/mol. The maximum atomic E-state index is 5.15. The molecule has 0 aliphatic carbocycles. The molecular formula is C14H22. The van der Waals surface area contributed by atoms with Gasteiger partial charge in [0, 0.05) is 19.3 Å². The molecule has 0 saturated carbocycles. The third-order valence-electron chi connectivity index (χ3n) is 2.15. The summed E-state index contributed by atoms with van der Waals surface area (Å²) < 4.78 is 0. The van der Waals surface area contributed by atoms with E-state index < -0.39 is 0 Å². The molecule has 0 atom stereocenters. The molecule has 0 spiro atoms. The van der Waals surface area contributed by atoms with Gasteiger partial charge in [-0.25, -0.2) is 0 Å². The normalized spacial score (nSPS) is 8.86. The fourth-order valence-corrected chi connectivity index (χ4v) is 1.26. The Morgan fingerprint density at radius 1 is 0.786 bits per heavy atom. The van der Waals surface area contributed by atoms with E-state index in [9.17, 15) is 0 Å². The Bertz CT molecular complexity index is 196. The molecule has 0 heteroatoms. The fourth-order valence-electron chi connectivity index (χ4n) is 1.26. The van der Waals surface area contributed by atoms with Gasteiger partial charge in [-0.2, -0.15) is 0 Å². The molecule has 0 rings (SSSR count). The minimum Gasteiger partial charge on any atom is -0.120 e. The lowest BCUT2D eigenvalue weighted by atomic mass is 10.1. The summed E-state index contributed by atoms with van der Waals surface area (Å²) in [6.45, 7) is 2.23. The Labute approximate surface area is 89.5 Å². The number of hydrogen-bond acceptors (Lipinski definition) is 0. The van der Waals surface area contributed by atoms with Crippen LogP contribution in [0.5, 0.6) is 0 Å². The third-order valence-corrected chi connectivity index (χ3v) is 2.15. The van der Waals surface area contributed by atoms with Crippen molar-refractivity contribution in [2.75, 3.05) is 0 Å². The van der Waals surface area contributed by atoms with E-state index in [2.05, 4.69) is 24.7 Å². The average Bonchev–Trinajstić information content (AvgIpc) is 2.21. The second-order valence-electron chi connectivity index (χ2n) is 3.58. The van der Waals surface area contributed by atoms with Crippen molar-refractivity contribution in [2.45, 2.75) is 64.7 Å². The number of rotatable bonds is 7. The molecule has 0 unspecified atom stereocenters. The summed E-state index contributed by atoms with van der Waals surface area (Å²) in [5, 5.41) is 0. The van der Waals surface area contributed by atoms with Crippen LogP contribution in [0.2, 0.25) is 0 Å². The fraction of sp³-hybridized carbons (Fsp3) is 0.714. The monoisotopic (exact) mass is 190 g/mol. The standard InChI is InChI=1S/C14H22/c1-3-5-7-9-11-13-14-12-10-8-6-4-2/h1H,4-12H2,2H3. The smallest absolute Gasteiger partial charge is 0.00890 e. The molecule has 0 aromatic heterocycles. The van der Waals surface area contributed by atoms with Crippen molar-refractivity contribution in [1.29, 1.82) is 0 Å². The van der Waals surface area contributed by atoms with E-state index in [-0.39, 0.29) is 0 Å². The summed E-state index contributed by atoms with van der Waals surface area (Å²) in [5.74, 6) is 9.07. The lowest BCUT2D eigenvalue weighted by Crippen LogP contribution is -1.75. The van der Waals surface area contributed by atoms with Crippen LogP contribution in [0.3, 0.4) is 0 Å². The summed E-state index contributed by atoms with van der Waals surface area (Å²) in [7, 11) is 0. The zero-order valence-corrected chi connectivity index (χ0v) is 9.44. The van der Waals surface area contributed by atoms with Crippen LogP contribution < -0.4 is 0 Å². The summed E-state index contributed by atoms with van der Waals surface area (Å²) in [4.78, 5) is 0. The Hall–Kier alpha value is -0.880. The maximum absolute atomic E-state index is 5.15. The second-order valence-corrected chi connectivity index (χ2v) is 3.58.